The molecule has 3 heterocycles. The van der Waals surface area contributed by atoms with E-state index in [1.807, 2.05) is 6.92 Å². The van der Waals surface area contributed by atoms with Gasteiger partial charge in [-0.1, -0.05) is 12.1 Å². The lowest BCUT2D eigenvalue weighted by molar-refractivity contribution is -0.127. The Morgan fingerprint density at radius 2 is 1.90 bits per heavy atom. The Labute approximate surface area is 169 Å². The molecule has 8 heteroatoms. The van der Waals surface area contributed by atoms with Crippen LogP contribution in [0.1, 0.15) is 36.7 Å². The highest BCUT2D eigenvalue weighted by molar-refractivity contribution is 5.94. The number of hydrogen-bond donors (Lipinski definition) is 4. The third-order valence-corrected chi connectivity index (χ3v) is 5.57. The highest BCUT2D eigenvalue weighted by Gasteiger charge is 2.31. The molecule has 1 aromatic heterocycles. The zero-order valence-corrected chi connectivity index (χ0v) is 16.4. The Bertz CT molecular complexity index is 873. The highest BCUT2D eigenvalue weighted by Crippen LogP contribution is 2.21. The van der Waals surface area contributed by atoms with Crippen molar-refractivity contribution < 1.29 is 14.0 Å². The number of aromatic nitrogens is 1. The van der Waals surface area contributed by atoms with Crippen LogP contribution in [0, 0.1) is 5.82 Å². The van der Waals surface area contributed by atoms with E-state index in [-0.39, 0.29) is 36.0 Å². The van der Waals surface area contributed by atoms with Gasteiger partial charge in [-0.3, -0.25) is 19.8 Å². The lowest BCUT2D eigenvalue weighted by atomic mass is 10.0. The lowest BCUT2D eigenvalue weighted by Crippen LogP contribution is -2.65. The van der Waals surface area contributed by atoms with Gasteiger partial charge >= 0.3 is 0 Å². The van der Waals surface area contributed by atoms with Gasteiger partial charge in [-0.15, -0.1) is 0 Å². The van der Waals surface area contributed by atoms with Gasteiger partial charge in [0.05, 0.1) is 0 Å². The first kappa shape index (κ1) is 19.6. The van der Waals surface area contributed by atoms with Crippen LogP contribution < -0.4 is 16.0 Å². The zero-order chi connectivity index (χ0) is 20.4. The van der Waals surface area contributed by atoms with Crippen molar-refractivity contribution in [1.29, 1.82) is 0 Å². The number of H-pyrrole nitrogens is 1. The summed E-state index contributed by atoms with van der Waals surface area (Å²) in [5.41, 5.74) is 2.19. The number of halogens is 1. The van der Waals surface area contributed by atoms with Crippen molar-refractivity contribution in [2.24, 2.45) is 0 Å². The third kappa shape index (κ3) is 4.65. The second-order valence-electron chi connectivity index (χ2n) is 7.83. The SMILES string of the molecule is CC1CC(=O)NC(N2CCC(NC(=O)c3cc(-c4ccc(F)cc4)c[nH]3)CC2)N1. The molecule has 0 saturated carbocycles. The predicted molar refractivity (Wildman–Crippen MR) is 107 cm³/mol. The molecule has 0 bridgehead atoms. The van der Waals surface area contributed by atoms with Crippen molar-refractivity contribution >= 4 is 11.8 Å². The summed E-state index contributed by atoms with van der Waals surface area (Å²) in [6.07, 6.45) is 3.76. The number of piperidine rings is 1. The van der Waals surface area contributed by atoms with Gasteiger partial charge in [0.1, 0.15) is 17.8 Å². The molecule has 0 spiro atoms. The van der Waals surface area contributed by atoms with Gasteiger partial charge < -0.3 is 15.6 Å². The summed E-state index contributed by atoms with van der Waals surface area (Å²) in [6.45, 7) is 3.59. The van der Waals surface area contributed by atoms with Crippen LogP contribution >= 0.6 is 0 Å². The molecule has 0 aliphatic carbocycles. The first-order chi connectivity index (χ1) is 14.0. The largest absolute Gasteiger partial charge is 0.357 e. The summed E-state index contributed by atoms with van der Waals surface area (Å²) in [5.74, 6) is -0.360. The average molecular weight is 399 g/mol. The minimum Gasteiger partial charge on any atom is -0.357 e. The molecule has 2 fully saturated rings. The average Bonchev–Trinajstić information content (AvgIpc) is 3.19. The molecule has 2 aromatic rings. The van der Waals surface area contributed by atoms with Crippen molar-refractivity contribution in [2.75, 3.05) is 13.1 Å². The van der Waals surface area contributed by atoms with Crippen molar-refractivity contribution in [3.8, 4) is 11.1 Å². The van der Waals surface area contributed by atoms with Gasteiger partial charge in [0, 0.05) is 37.8 Å². The van der Waals surface area contributed by atoms with E-state index in [0.29, 0.717) is 12.1 Å². The van der Waals surface area contributed by atoms with Crippen LogP contribution in [0.5, 0.6) is 0 Å². The van der Waals surface area contributed by atoms with E-state index in [0.717, 1.165) is 37.1 Å². The van der Waals surface area contributed by atoms with Crippen LogP contribution in [0.25, 0.3) is 11.1 Å². The molecule has 0 radical (unpaired) electrons. The summed E-state index contributed by atoms with van der Waals surface area (Å²) >= 11 is 0. The Morgan fingerprint density at radius 1 is 1.17 bits per heavy atom. The zero-order valence-electron chi connectivity index (χ0n) is 16.4. The molecule has 154 valence electrons. The van der Waals surface area contributed by atoms with E-state index in [9.17, 15) is 14.0 Å². The van der Waals surface area contributed by atoms with Gasteiger partial charge in [-0.25, -0.2) is 4.39 Å². The van der Waals surface area contributed by atoms with Crippen molar-refractivity contribution in [3.05, 3.63) is 48.0 Å². The number of hydrogen-bond acceptors (Lipinski definition) is 4. The Kier molecular flexibility index (Phi) is 5.64. The van der Waals surface area contributed by atoms with E-state index in [4.69, 9.17) is 0 Å². The van der Waals surface area contributed by atoms with Gasteiger partial charge in [0.15, 0.2) is 0 Å². The summed E-state index contributed by atoms with van der Waals surface area (Å²) in [7, 11) is 0. The van der Waals surface area contributed by atoms with Crippen LogP contribution in [0.4, 0.5) is 4.39 Å². The maximum absolute atomic E-state index is 13.1. The normalized spacial score (nSPS) is 23.6. The van der Waals surface area contributed by atoms with Gasteiger partial charge in [0.25, 0.3) is 5.91 Å². The van der Waals surface area contributed by atoms with Crippen molar-refractivity contribution in [3.63, 3.8) is 0 Å². The first-order valence-electron chi connectivity index (χ1n) is 10.0. The first-order valence-corrected chi connectivity index (χ1v) is 10.0. The molecule has 4 rings (SSSR count). The summed E-state index contributed by atoms with van der Waals surface area (Å²) < 4.78 is 13.1. The molecule has 2 aliphatic rings. The molecule has 7 nitrogen and oxygen atoms in total. The quantitative estimate of drug-likeness (QED) is 0.631. The number of benzene rings is 1. The van der Waals surface area contributed by atoms with E-state index in [1.54, 1.807) is 24.4 Å². The number of carbonyl (C=O) groups excluding carboxylic acids is 2. The van der Waals surface area contributed by atoms with Crippen molar-refractivity contribution in [2.45, 2.75) is 44.6 Å². The Morgan fingerprint density at radius 3 is 2.59 bits per heavy atom. The van der Waals surface area contributed by atoms with E-state index >= 15 is 0 Å². The number of nitrogens with zero attached hydrogens (tertiary/aromatic N) is 1. The maximum Gasteiger partial charge on any atom is 0.267 e. The fourth-order valence-electron chi connectivity index (χ4n) is 3.96. The molecule has 29 heavy (non-hydrogen) atoms. The number of rotatable bonds is 4. The molecule has 4 N–H and O–H groups in total. The third-order valence-electron chi connectivity index (χ3n) is 5.57. The van der Waals surface area contributed by atoms with Crippen LogP contribution in [-0.4, -0.2) is 53.2 Å². The van der Waals surface area contributed by atoms with Crippen LogP contribution in [0.15, 0.2) is 36.5 Å². The predicted octanol–water partition coefficient (Wildman–Crippen LogP) is 1.80. The van der Waals surface area contributed by atoms with E-state index in [2.05, 4.69) is 25.8 Å². The number of carbonyl (C=O) groups is 2. The molecule has 2 atom stereocenters. The Balaban J connectivity index is 1.30. The standard InChI is InChI=1S/C21H26FN5O2/c1-13-10-19(28)26-21(24-13)27-8-6-17(7-9-27)25-20(29)18-11-15(12-23-18)14-2-4-16(22)5-3-14/h2-5,11-13,17,21,23-24H,6-10H2,1H3,(H,25,29)(H,26,28). The number of nitrogens with one attached hydrogen (secondary N) is 4. The molecular formula is C21H26FN5O2. The second-order valence-corrected chi connectivity index (χ2v) is 7.83. The minimum absolute atomic E-state index is 0.0698. The van der Waals surface area contributed by atoms with Crippen LogP contribution in [0.2, 0.25) is 0 Å². The molecule has 2 saturated heterocycles. The minimum atomic E-state index is -0.286. The van der Waals surface area contributed by atoms with Gasteiger partial charge in [-0.05, 0) is 49.1 Å². The molecular weight excluding hydrogens is 373 g/mol. The van der Waals surface area contributed by atoms with Crippen LogP contribution in [0.3, 0.4) is 0 Å². The van der Waals surface area contributed by atoms with E-state index < -0.39 is 0 Å². The summed E-state index contributed by atoms with van der Waals surface area (Å²) in [4.78, 5) is 29.6. The fourth-order valence-corrected chi connectivity index (χ4v) is 3.96. The van der Waals surface area contributed by atoms with E-state index in [1.165, 1.54) is 12.1 Å². The van der Waals surface area contributed by atoms with Crippen LogP contribution in [-0.2, 0) is 4.79 Å². The summed E-state index contributed by atoms with van der Waals surface area (Å²) in [5, 5.41) is 9.46. The number of likely N-dealkylation sites (tertiary alicyclic amines) is 1. The molecule has 2 aliphatic heterocycles. The van der Waals surface area contributed by atoms with Crippen molar-refractivity contribution in [1.82, 2.24) is 25.8 Å². The molecule has 1 aromatic carbocycles. The topological polar surface area (TPSA) is 89.3 Å². The smallest absolute Gasteiger partial charge is 0.267 e. The molecule has 2 unspecified atom stereocenters. The van der Waals surface area contributed by atoms with Gasteiger partial charge in [0.2, 0.25) is 5.91 Å². The summed E-state index contributed by atoms with van der Waals surface area (Å²) in [6, 6.07) is 8.22. The number of aromatic amines is 1. The monoisotopic (exact) mass is 399 g/mol. The maximum atomic E-state index is 13.1. The highest BCUT2D eigenvalue weighted by atomic mass is 19.1. The number of amides is 2. The van der Waals surface area contributed by atoms with Gasteiger partial charge in [-0.2, -0.15) is 0 Å². The molecule has 2 amide bonds. The fraction of sp³-hybridized carbons (Fsp3) is 0.429. The Hall–Kier alpha value is -2.71. The lowest BCUT2D eigenvalue weighted by Gasteiger charge is -2.41. The second kappa shape index (κ2) is 8.34.